The van der Waals surface area contributed by atoms with Crippen LogP contribution in [0.4, 0.5) is 0 Å². The Kier molecular flexibility index (Phi) is 12.0. The minimum absolute atomic E-state index is 0.486. The van der Waals surface area contributed by atoms with Crippen LogP contribution in [-0.2, 0) is 4.74 Å². The van der Waals surface area contributed by atoms with Crippen LogP contribution in [0, 0.1) is 22.7 Å². The predicted octanol–water partition coefficient (Wildman–Crippen LogP) is 6.53. The van der Waals surface area contributed by atoms with E-state index >= 15 is 0 Å². The molecule has 0 amide bonds. The number of fused-ring (bicyclic) bond motifs is 5. The van der Waals surface area contributed by atoms with Crippen molar-refractivity contribution in [3.05, 3.63) is 11.6 Å². The number of hydrogen-bond donors (Lipinski definition) is 0. The van der Waals surface area contributed by atoms with Gasteiger partial charge in [0.1, 0.15) is 0 Å². The van der Waals surface area contributed by atoms with Gasteiger partial charge in [-0.05, 0) is 0 Å². The van der Waals surface area contributed by atoms with Gasteiger partial charge < -0.3 is 0 Å². The van der Waals surface area contributed by atoms with Crippen molar-refractivity contribution >= 4 is 0 Å². The number of allylic oxidation sites excluding steroid dienone is 1. The summed E-state index contributed by atoms with van der Waals surface area (Å²) in [4.78, 5) is 2.91. The number of halogens is 1. The van der Waals surface area contributed by atoms with E-state index in [1.165, 1.54) is 55.8 Å². The second-order valence-electron chi connectivity index (χ2n) is 12.1. The Morgan fingerprint density at radius 1 is 1.00 bits per heavy atom. The van der Waals surface area contributed by atoms with Crippen molar-refractivity contribution in [3.63, 3.8) is 0 Å². The van der Waals surface area contributed by atoms with Gasteiger partial charge in [0.25, 0.3) is 0 Å². The fraction of sp³-hybridized carbons (Fsp3) is 0.938. The topological polar surface area (TPSA) is 9.23 Å². The maximum atomic E-state index is 5.80. The van der Waals surface area contributed by atoms with Crippen molar-refractivity contribution < 1.29 is 23.2 Å². The summed E-state index contributed by atoms with van der Waals surface area (Å²) in [6, 6.07) is 0. The first kappa shape index (κ1) is 30.7. The van der Waals surface area contributed by atoms with Crippen LogP contribution in [0.15, 0.2) is 11.6 Å². The summed E-state index contributed by atoms with van der Waals surface area (Å²) < 4.78 is 9.53. The summed E-state index contributed by atoms with van der Waals surface area (Å²) in [5.41, 5.74) is 3.05. The molecular formula is C32H62IO-. The first-order valence-electron chi connectivity index (χ1n) is 15.2. The van der Waals surface area contributed by atoms with Crippen molar-refractivity contribution in [1.29, 1.82) is 0 Å². The Balaban J connectivity index is 0.000000970. The molecule has 2 aliphatic carbocycles. The third-order valence-corrected chi connectivity index (χ3v) is 23.4. The van der Waals surface area contributed by atoms with Gasteiger partial charge in [0, 0.05) is 0 Å². The standard InChI is InChI=1S/C28H50IO.2C2H6/c1-7-28-18-15-25-27(4)17-14-24(30-6)20-23(27)16-19-29(25,5)26(28)13-12-22(28)11-9-8-10-21(2)3;2*1-2/h16,21-22,24-26H,7-15,17-20H2,1-6H3;2*1-2H3/q-1;;. The zero-order valence-electron chi connectivity index (χ0n) is 24.9. The van der Waals surface area contributed by atoms with Gasteiger partial charge in [0.15, 0.2) is 0 Å². The third-order valence-electron chi connectivity index (χ3n) is 10.4. The van der Waals surface area contributed by atoms with Crippen LogP contribution in [0.3, 0.4) is 0 Å². The Morgan fingerprint density at radius 3 is 2.32 bits per heavy atom. The van der Waals surface area contributed by atoms with Gasteiger partial charge in [0.2, 0.25) is 0 Å². The number of methoxy groups -OCH3 is 1. The third kappa shape index (κ3) is 5.63. The summed E-state index contributed by atoms with van der Waals surface area (Å²) in [6.07, 6.45) is 20.8. The molecule has 0 aromatic carbocycles. The van der Waals surface area contributed by atoms with Gasteiger partial charge in [-0.2, -0.15) is 0 Å². The van der Waals surface area contributed by atoms with Crippen LogP contribution in [-0.4, -0.2) is 30.4 Å². The molecule has 0 spiro atoms. The minimum atomic E-state index is -1.86. The van der Waals surface area contributed by atoms with Crippen LogP contribution in [0.1, 0.15) is 132 Å². The fourth-order valence-electron chi connectivity index (χ4n) is 8.60. The molecule has 2 heterocycles. The van der Waals surface area contributed by atoms with Crippen molar-refractivity contribution in [2.24, 2.45) is 22.7 Å². The molecule has 0 aromatic heterocycles. The van der Waals surface area contributed by atoms with Crippen molar-refractivity contribution in [3.8, 4) is 0 Å². The van der Waals surface area contributed by atoms with Crippen LogP contribution in [0.25, 0.3) is 0 Å². The monoisotopic (exact) mass is 589 g/mol. The molecule has 1 saturated heterocycles. The zero-order valence-corrected chi connectivity index (χ0v) is 27.1. The average Bonchev–Trinajstić information content (AvgIpc) is 3.24. The summed E-state index contributed by atoms with van der Waals surface area (Å²) in [6.45, 7) is 18.0. The number of hydrogen-bond acceptors (Lipinski definition) is 1. The Hall–Kier alpha value is 0.430. The van der Waals surface area contributed by atoms with Crippen LogP contribution >= 0.6 is 0 Å². The molecule has 3 fully saturated rings. The molecule has 34 heavy (non-hydrogen) atoms. The van der Waals surface area contributed by atoms with E-state index in [0.29, 0.717) is 11.5 Å². The molecule has 2 saturated carbocycles. The first-order chi connectivity index (χ1) is 16.3. The van der Waals surface area contributed by atoms with E-state index in [2.05, 4.69) is 38.7 Å². The Bertz CT molecular complexity index is 641. The van der Waals surface area contributed by atoms with Crippen LogP contribution < -0.4 is 18.4 Å². The Morgan fingerprint density at radius 2 is 1.71 bits per heavy atom. The first-order valence-corrected chi connectivity index (χ1v) is 21.3. The summed E-state index contributed by atoms with van der Waals surface area (Å²) in [5.74, 6) is 1.92. The van der Waals surface area contributed by atoms with Gasteiger partial charge in [-0.1, -0.05) is 27.7 Å². The molecule has 7 unspecified atom stereocenters. The number of rotatable bonds is 7. The van der Waals surface area contributed by atoms with Crippen molar-refractivity contribution in [2.45, 2.75) is 146 Å². The predicted molar refractivity (Wildman–Crippen MR) is 150 cm³/mol. The van der Waals surface area contributed by atoms with Gasteiger partial charge in [-0.3, -0.25) is 0 Å². The summed E-state index contributed by atoms with van der Waals surface area (Å²) in [7, 11) is 1.92. The molecule has 0 aromatic rings. The van der Waals surface area contributed by atoms with Crippen molar-refractivity contribution in [2.75, 3.05) is 16.5 Å². The summed E-state index contributed by atoms with van der Waals surface area (Å²) >= 11 is -1.86. The van der Waals surface area contributed by atoms with E-state index in [9.17, 15) is 0 Å². The normalized spacial score (nSPS) is 42.5. The van der Waals surface area contributed by atoms with E-state index in [1.54, 1.807) is 31.3 Å². The molecule has 2 heteroatoms. The van der Waals surface area contributed by atoms with Crippen molar-refractivity contribution in [1.82, 2.24) is 0 Å². The quantitative estimate of drug-likeness (QED) is 0.142. The van der Waals surface area contributed by atoms with E-state index in [4.69, 9.17) is 4.74 Å². The molecular weight excluding hydrogens is 527 g/mol. The second kappa shape index (κ2) is 13.3. The number of ether oxygens (including phenoxy) is 1. The van der Waals surface area contributed by atoms with Crippen LogP contribution in [0.2, 0.25) is 0 Å². The molecule has 0 radical (unpaired) electrons. The van der Waals surface area contributed by atoms with E-state index < -0.39 is 18.4 Å². The van der Waals surface area contributed by atoms with E-state index in [1.807, 2.05) is 34.8 Å². The molecule has 204 valence electrons. The maximum absolute atomic E-state index is 5.80. The number of unbranched alkanes of at least 4 members (excludes halogenated alkanes) is 1. The average molecular weight is 590 g/mol. The number of alkyl halides is 4. The molecule has 4 aliphatic rings. The zero-order chi connectivity index (χ0) is 25.6. The summed E-state index contributed by atoms with van der Waals surface area (Å²) in [5, 5.41) is 0. The van der Waals surface area contributed by atoms with Gasteiger partial charge >= 0.3 is 193 Å². The SMILES string of the molecule is CC.CC.CCC12CCC3C4(C)CCC(OC)CC4=CC[I-]3(C)C1CCC2CCCCC(C)C. The fourth-order valence-corrected chi connectivity index (χ4v) is 23.8. The molecule has 2 aliphatic heterocycles. The molecule has 4 rings (SSSR count). The molecule has 1 nitrogen and oxygen atoms in total. The van der Waals surface area contributed by atoms with Gasteiger partial charge in [-0.25, -0.2) is 0 Å². The van der Waals surface area contributed by atoms with E-state index in [0.717, 1.165) is 25.1 Å². The molecule has 0 bridgehead atoms. The van der Waals surface area contributed by atoms with Crippen LogP contribution in [0.5, 0.6) is 0 Å². The Labute approximate surface area is 219 Å². The molecule has 7 atom stereocenters. The second-order valence-corrected chi connectivity index (χ2v) is 22.4. The van der Waals surface area contributed by atoms with Gasteiger partial charge in [0.05, 0.1) is 0 Å². The van der Waals surface area contributed by atoms with E-state index in [-0.39, 0.29) is 0 Å². The van der Waals surface area contributed by atoms with Gasteiger partial charge in [-0.15, -0.1) is 0 Å². The molecule has 0 N–H and O–H groups in total.